The SMILES string of the molecule is CNCc1sc(S(=O)(=O)NC2CC2C)cc1C. The fraction of sp³-hybridized carbons (Fsp3) is 0.636. The minimum atomic E-state index is -3.31. The van der Waals surface area contributed by atoms with Crippen LogP contribution >= 0.6 is 11.3 Å². The largest absolute Gasteiger partial charge is 0.315 e. The molecule has 0 bridgehead atoms. The van der Waals surface area contributed by atoms with E-state index >= 15 is 0 Å². The van der Waals surface area contributed by atoms with Crippen LogP contribution in [0.15, 0.2) is 10.3 Å². The molecule has 1 heterocycles. The van der Waals surface area contributed by atoms with Crippen LogP contribution in [0, 0.1) is 12.8 Å². The molecule has 1 aromatic heterocycles. The van der Waals surface area contributed by atoms with Gasteiger partial charge in [0.15, 0.2) is 0 Å². The number of hydrogen-bond donors (Lipinski definition) is 2. The van der Waals surface area contributed by atoms with E-state index in [1.807, 2.05) is 14.0 Å². The molecule has 0 radical (unpaired) electrons. The molecule has 0 aromatic carbocycles. The summed E-state index contributed by atoms with van der Waals surface area (Å²) in [7, 11) is -1.45. The molecular formula is C11H18N2O2S2. The van der Waals surface area contributed by atoms with Crippen molar-refractivity contribution in [2.24, 2.45) is 5.92 Å². The maximum atomic E-state index is 12.1. The Balaban J connectivity index is 2.18. The maximum absolute atomic E-state index is 12.1. The third kappa shape index (κ3) is 2.88. The molecule has 2 rings (SSSR count). The summed E-state index contributed by atoms with van der Waals surface area (Å²) in [5, 5.41) is 3.04. The number of nitrogens with one attached hydrogen (secondary N) is 2. The van der Waals surface area contributed by atoms with Gasteiger partial charge in [-0.05, 0) is 37.9 Å². The van der Waals surface area contributed by atoms with Crippen molar-refractivity contribution in [3.8, 4) is 0 Å². The second-order valence-corrected chi connectivity index (χ2v) is 7.72. The zero-order chi connectivity index (χ0) is 12.6. The molecule has 6 heteroatoms. The molecule has 0 spiro atoms. The topological polar surface area (TPSA) is 58.2 Å². The van der Waals surface area contributed by atoms with Crippen molar-refractivity contribution in [3.05, 3.63) is 16.5 Å². The molecule has 4 nitrogen and oxygen atoms in total. The highest BCUT2D eigenvalue weighted by atomic mass is 32.2. The van der Waals surface area contributed by atoms with Gasteiger partial charge in [0.05, 0.1) is 0 Å². The summed E-state index contributed by atoms with van der Waals surface area (Å²) >= 11 is 1.35. The van der Waals surface area contributed by atoms with Gasteiger partial charge in [0.1, 0.15) is 4.21 Å². The normalized spacial score (nSPS) is 23.9. The second-order valence-electron chi connectivity index (χ2n) is 4.64. The summed E-state index contributed by atoms with van der Waals surface area (Å²) in [4.78, 5) is 1.08. The van der Waals surface area contributed by atoms with Gasteiger partial charge in [-0.3, -0.25) is 0 Å². The smallest absolute Gasteiger partial charge is 0.250 e. The van der Waals surface area contributed by atoms with Crippen LogP contribution in [0.25, 0.3) is 0 Å². The zero-order valence-corrected chi connectivity index (χ0v) is 11.9. The minimum Gasteiger partial charge on any atom is -0.315 e. The number of thiophene rings is 1. The van der Waals surface area contributed by atoms with Crippen LogP contribution in [0.3, 0.4) is 0 Å². The first-order chi connectivity index (χ1) is 7.94. The fourth-order valence-electron chi connectivity index (χ4n) is 1.70. The van der Waals surface area contributed by atoms with Gasteiger partial charge in [-0.25, -0.2) is 13.1 Å². The maximum Gasteiger partial charge on any atom is 0.250 e. The highest BCUT2D eigenvalue weighted by Gasteiger charge is 2.36. The van der Waals surface area contributed by atoms with E-state index in [4.69, 9.17) is 0 Å². The molecule has 17 heavy (non-hydrogen) atoms. The van der Waals surface area contributed by atoms with E-state index in [0.717, 1.165) is 16.9 Å². The molecule has 0 aliphatic heterocycles. The van der Waals surface area contributed by atoms with E-state index in [9.17, 15) is 8.42 Å². The number of rotatable bonds is 5. The fourth-order valence-corrected chi connectivity index (χ4v) is 4.68. The van der Waals surface area contributed by atoms with Gasteiger partial charge in [0.25, 0.3) is 0 Å². The molecule has 0 amide bonds. The Kier molecular flexibility index (Phi) is 3.58. The quantitative estimate of drug-likeness (QED) is 0.854. The van der Waals surface area contributed by atoms with Gasteiger partial charge in [-0.1, -0.05) is 6.92 Å². The average Bonchev–Trinajstić information content (AvgIpc) is 2.75. The third-order valence-electron chi connectivity index (χ3n) is 3.02. The van der Waals surface area contributed by atoms with Crippen LogP contribution in [0.2, 0.25) is 0 Å². The number of sulfonamides is 1. The van der Waals surface area contributed by atoms with Crippen LogP contribution in [0.1, 0.15) is 23.8 Å². The number of hydrogen-bond acceptors (Lipinski definition) is 4. The van der Waals surface area contributed by atoms with Crippen molar-refractivity contribution >= 4 is 21.4 Å². The Labute approximate surface area is 106 Å². The van der Waals surface area contributed by atoms with Crippen LogP contribution in [-0.4, -0.2) is 21.5 Å². The van der Waals surface area contributed by atoms with Crippen molar-refractivity contribution in [2.45, 2.75) is 37.1 Å². The van der Waals surface area contributed by atoms with Crippen LogP contribution < -0.4 is 10.0 Å². The molecule has 2 unspecified atom stereocenters. The Bertz CT molecular complexity index is 508. The lowest BCUT2D eigenvalue weighted by molar-refractivity contribution is 0.580. The van der Waals surface area contributed by atoms with Crippen LogP contribution in [0.5, 0.6) is 0 Å². The van der Waals surface area contributed by atoms with E-state index in [1.54, 1.807) is 6.07 Å². The lowest BCUT2D eigenvalue weighted by Crippen LogP contribution is -2.26. The Morgan fingerprint density at radius 2 is 2.18 bits per heavy atom. The van der Waals surface area contributed by atoms with Gasteiger partial charge < -0.3 is 5.32 Å². The summed E-state index contributed by atoms with van der Waals surface area (Å²) in [5.74, 6) is 0.475. The summed E-state index contributed by atoms with van der Waals surface area (Å²) < 4.78 is 27.3. The summed E-state index contributed by atoms with van der Waals surface area (Å²) in [5.41, 5.74) is 1.04. The second kappa shape index (κ2) is 4.68. The van der Waals surface area contributed by atoms with Crippen molar-refractivity contribution < 1.29 is 8.42 Å². The van der Waals surface area contributed by atoms with E-state index < -0.39 is 10.0 Å². The van der Waals surface area contributed by atoms with E-state index in [-0.39, 0.29) is 6.04 Å². The lowest BCUT2D eigenvalue weighted by atomic mass is 10.3. The molecule has 96 valence electrons. The zero-order valence-electron chi connectivity index (χ0n) is 10.3. The van der Waals surface area contributed by atoms with Crippen molar-refractivity contribution in [1.82, 2.24) is 10.0 Å². The molecule has 1 fully saturated rings. The molecule has 1 saturated carbocycles. The first-order valence-corrected chi connectivity index (χ1v) is 8.00. The van der Waals surface area contributed by atoms with Gasteiger partial charge >= 0.3 is 0 Å². The third-order valence-corrected chi connectivity index (χ3v) is 6.22. The van der Waals surface area contributed by atoms with E-state index in [1.165, 1.54) is 11.3 Å². The predicted molar refractivity (Wildman–Crippen MR) is 69.7 cm³/mol. The van der Waals surface area contributed by atoms with E-state index in [2.05, 4.69) is 17.0 Å². The highest BCUT2D eigenvalue weighted by molar-refractivity contribution is 7.91. The first-order valence-electron chi connectivity index (χ1n) is 5.70. The van der Waals surface area contributed by atoms with Crippen molar-refractivity contribution in [2.75, 3.05) is 7.05 Å². The van der Waals surface area contributed by atoms with Gasteiger partial charge in [-0.15, -0.1) is 11.3 Å². The molecule has 2 atom stereocenters. The molecule has 1 aliphatic rings. The lowest BCUT2D eigenvalue weighted by Gasteiger charge is -2.02. The Morgan fingerprint density at radius 3 is 2.71 bits per heavy atom. The molecule has 1 aliphatic carbocycles. The highest BCUT2D eigenvalue weighted by Crippen LogP contribution is 2.32. The molecule has 0 saturated heterocycles. The Morgan fingerprint density at radius 1 is 1.53 bits per heavy atom. The van der Waals surface area contributed by atoms with Crippen LogP contribution in [0.4, 0.5) is 0 Å². The molecule has 2 N–H and O–H groups in total. The van der Waals surface area contributed by atoms with Crippen LogP contribution in [-0.2, 0) is 16.6 Å². The van der Waals surface area contributed by atoms with Gasteiger partial charge in [0, 0.05) is 17.5 Å². The average molecular weight is 274 g/mol. The van der Waals surface area contributed by atoms with Crippen molar-refractivity contribution in [3.63, 3.8) is 0 Å². The first kappa shape index (κ1) is 13.0. The predicted octanol–water partition coefficient (Wildman–Crippen LogP) is 1.46. The monoisotopic (exact) mass is 274 g/mol. The van der Waals surface area contributed by atoms with E-state index in [0.29, 0.717) is 16.7 Å². The van der Waals surface area contributed by atoms with Crippen molar-refractivity contribution in [1.29, 1.82) is 0 Å². The summed E-state index contributed by atoms with van der Waals surface area (Å²) in [6, 6.07) is 1.89. The molecule has 1 aromatic rings. The molecular weight excluding hydrogens is 256 g/mol. The number of aryl methyl sites for hydroxylation is 1. The minimum absolute atomic E-state index is 0.134. The summed E-state index contributed by atoms with van der Waals surface area (Å²) in [6.45, 7) is 4.72. The van der Waals surface area contributed by atoms with Gasteiger partial charge in [-0.2, -0.15) is 0 Å². The summed E-state index contributed by atoms with van der Waals surface area (Å²) in [6.07, 6.45) is 0.951. The standard InChI is InChI=1S/C11H18N2O2S2/c1-7-4-9(7)13-17(14,15)11-5-8(2)10(16-11)6-12-3/h5,7,9,12-13H,4,6H2,1-3H3. The van der Waals surface area contributed by atoms with Gasteiger partial charge in [0.2, 0.25) is 10.0 Å². The Hall–Kier alpha value is -0.430.